The molecule has 7 heteroatoms. The Morgan fingerprint density at radius 1 is 1.04 bits per heavy atom. The molecule has 0 unspecified atom stereocenters. The van der Waals surface area contributed by atoms with Crippen LogP contribution < -0.4 is 5.48 Å². The number of amides is 1. The molecule has 0 atom stereocenters. The van der Waals surface area contributed by atoms with E-state index in [9.17, 15) is 23.2 Å². The minimum atomic E-state index is -4.43. The molecule has 0 bridgehead atoms. The second-order valence-corrected chi connectivity index (χ2v) is 6.90. The molecule has 2 aromatic carbocycles. The van der Waals surface area contributed by atoms with Gasteiger partial charge in [0.25, 0.3) is 0 Å². The Labute approximate surface area is 155 Å². The summed E-state index contributed by atoms with van der Waals surface area (Å²) in [6.07, 6.45) is -3.62. The van der Waals surface area contributed by atoms with Crippen LogP contribution >= 0.6 is 0 Å². The van der Waals surface area contributed by atoms with E-state index in [-0.39, 0.29) is 0 Å². The summed E-state index contributed by atoms with van der Waals surface area (Å²) in [7, 11) is 0. The molecule has 2 N–H and O–H groups in total. The van der Waals surface area contributed by atoms with Gasteiger partial charge in [0, 0.05) is 19.6 Å². The van der Waals surface area contributed by atoms with Crippen molar-refractivity contribution < 1.29 is 23.4 Å². The number of piperidine rings is 1. The van der Waals surface area contributed by atoms with Gasteiger partial charge in [0.2, 0.25) is 0 Å². The molecule has 1 fully saturated rings. The summed E-state index contributed by atoms with van der Waals surface area (Å²) < 4.78 is 38.4. The predicted molar refractivity (Wildman–Crippen MR) is 94.4 cm³/mol. The number of quaternary nitrogens is 1. The number of likely N-dealkylation sites (tertiary alicyclic amines) is 1. The van der Waals surface area contributed by atoms with Crippen molar-refractivity contribution in [3.63, 3.8) is 0 Å². The monoisotopic (exact) mass is 378 g/mol. The number of primary amides is 1. The highest BCUT2D eigenvalue weighted by Gasteiger charge is 2.45. The van der Waals surface area contributed by atoms with E-state index in [4.69, 9.17) is 0 Å². The van der Waals surface area contributed by atoms with Crippen molar-refractivity contribution in [2.45, 2.75) is 31.0 Å². The highest BCUT2D eigenvalue weighted by atomic mass is 19.4. The fourth-order valence-corrected chi connectivity index (χ4v) is 3.70. The average molecular weight is 378 g/mol. The number of alkyl halides is 3. The van der Waals surface area contributed by atoms with Gasteiger partial charge in [0.15, 0.2) is 0 Å². The Morgan fingerprint density at radius 2 is 1.63 bits per heavy atom. The summed E-state index contributed by atoms with van der Waals surface area (Å²) in [6.45, 7) is 1.92. The molecule has 1 heterocycles. The van der Waals surface area contributed by atoms with E-state index in [0.717, 1.165) is 24.2 Å². The Morgan fingerprint density at radius 3 is 2.15 bits per heavy atom. The first-order chi connectivity index (χ1) is 12.8. The van der Waals surface area contributed by atoms with Crippen LogP contribution in [-0.4, -0.2) is 23.9 Å². The van der Waals surface area contributed by atoms with Crippen LogP contribution in [0, 0.1) is 5.21 Å². The molecule has 0 aromatic heterocycles. The van der Waals surface area contributed by atoms with E-state index in [1.54, 1.807) is 0 Å². The van der Waals surface area contributed by atoms with Crippen LogP contribution in [0.25, 0.3) is 0 Å². The molecule has 4 nitrogen and oxygen atoms in total. The molecule has 1 aliphatic rings. The summed E-state index contributed by atoms with van der Waals surface area (Å²) >= 11 is 0. The maximum atomic E-state index is 12.8. The zero-order valence-electron chi connectivity index (χ0n) is 14.7. The van der Waals surface area contributed by atoms with Gasteiger partial charge in [-0.1, -0.05) is 42.5 Å². The second-order valence-electron chi connectivity index (χ2n) is 6.90. The lowest BCUT2D eigenvalue weighted by Crippen LogP contribution is -2.86. The molecular weight excluding hydrogens is 357 g/mol. The van der Waals surface area contributed by atoms with Crippen LogP contribution in [0.15, 0.2) is 54.6 Å². The summed E-state index contributed by atoms with van der Waals surface area (Å²) in [5, 5.41) is 11.2. The van der Waals surface area contributed by atoms with Crippen LogP contribution in [0.1, 0.15) is 29.5 Å². The van der Waals surface area contributed by atoms with Gasteiger partial charge in [-0.15, -0.1) is 0 Å². The Bertz CT molecular complexity index is 768. The van der Waals surface area contributed by atoms with E-state index in [1.807, 2.05) is 30.3 Å². The average Bonchev–Trinajstić information content (AvgIpc) is 2.68. The largest absolute Gasteiger partial charge is 0.628 e. The normalized spacial score (nSPS) is 17.6. The van der Waals surface area contributed by atoms with Gasteiger partial charge in [0.05, 0.1) is 5.56 Å². The van der Waals surface area contributed by atoms with Crippen molar-refractivity contribution in [1.29, 1.82) is 0 Å². The summed E-state index contributed by atoms with van der Waals surface area (Å²) in [5.41, 5.74) is 0.124. The van der Waals surface area contributed by atoms with Gasteiger partial charge < -0.3 is 10.7 Å². The molecule has 2 aromatic rings. The van der Waals surface area contributed by atoms with Crippen molar-refractivity contribution >= 4 is 5.91 Å². The number of carbonyl (C=O) groups excluding carboxylic acids is 1. The molecule has 0 spiro atoms. The zero-order valence-corrected chi connectivity index (χ0v) is 14.7. The van der Waals surface area contributed by atoms with Crippen molar-refractivity contribution in [3.8, 4) is 0 Å². The van der Waals surface area contributed by atoms with Gasteiger partial charge in [-0.2, -0.15) is 13.2 Å². The third kappa shape index (κ3) is 4.21. The molecule has 1 amide bonds. The summed E-state index contributed by atoms with van der Waals surface area (Å²) in [4.78, 5) is 14.6. The number of hydrogen-bond acceptors (Lipinski definition) is 3. The maximum absolute atomic E-state index is 12.8. The number of hydrogen-bond donors (Lipinski definition) is 1. The fraction of sp³-hybridized carbons (Fsp3) is 0.350. The minimum absolute atomic E-state index is 0.296. The summed E-state index contributed by atoms with van der Waals surface area (Å²) in [5.74, 6) is -0.568. The van der Waals surface area contributed by atoms with Crippen LogP contribution in [-0.2, 0) is 22.9 Å². The van der Waals surface area contributed by atoms with Crippen LogP contribution in [0.3, 0.4) is 0 Å². The molecular formula is C20H21F3N2O2. The standard InChI is InChI=1S/C20H21F3N2O2/c21-20(22,23)17-8-6-16(7-9-17)19(18(26)24-27)10-12-25(13-11-19)14-15-4-2-1-3-5-15/h1-9H,10-14,24H2. The number of benzene rings is 2. The van der Waals surface area contributed by atoms with Crippen molar-refractivity contribution in [3.05, 3.63) is 76.5 Å². The van der Waals surface area contributed by atoms with Crippen molar-refractivity contribution in [2.75, 3.05) is 13.1 Å². The molecule has 3 rings (SSSR count). The third-order valence-electron chi connectivity index (χ3n) is 5.30. The van der Waals surface area contributed by atoms with E-state index >= 15 is 0 Å². The molecule has 27 heavy (non-hydrogen) atoms. The topological polar surface area (TPSA) is 60.0 Å². The molecule has 0 aliphatic carbocycles. The molecule has 1 saturated heterocycles. The minimum Gasteiger partial charge on any atom is -0.628 e. The van der Waals surface area contributed by atoms with E-state index in [2.05, 4.69) is 4.90 Å². The van der Waals surface area contributed by atoms with Gasteiger partial charge in [-0.05, 0) is 36.1 Å². The van der Waals surface area contributed by atoms with Gasteiger partial charge in [-0.3, -0.25) is 4.90 Å². The number of nitrogens with zero attached hydrogens (tertiary/aromatic N) is 1. The molecule has 1 aliphatic heterocycles. The molecule has 0 radical (unpaired) electrons. The first kappa shape index (κ1) is 19.5. The van der Waals surface area contributed by atoms with Crippen molar-refractivity contribution in [1.82, 2.24) is 4.90 Å². The third-order valence-corrected chi connectivity index (χ3v) is 5.30. The lowest BCUT2D eigenvalue weighted by molar-refractivity contribution is -0.506. The zero-order chi connectivity index (χ0) is 19.5. The smallest absolute Gasteiger partial charge is 0.416 e. The van der Waals surface area contributed by atoms with Gasteiger partial charge in [0.1, 0.15) is 5.41 Å². The fourth-order valence-electron chi connectivity index (χ4n) is 3.70. The molecule has 0 saturated carbocycles. The van der Waals surface area contributed by atoms with E-state index < -0.39 is 23.1 Å². The van der Waals surface area contributed by atoms with E-state index in [1.165, 1.54) is 12.1 Å². The number of carbonyl (C=O) groups is 1. The highest BCUT2D eigenvalue weighted by Crippen LogP contribution is 2.37. The number of nitrogens with two attached hydrogens (primary N) is 1. The maximum Gasteiger partial charge on any atom is 0.416 e. The van der Waals surface area contributed by atoms with Crippen LogP contribution in [0.4, 0.5) is 13.2 Å². The molecule has 144 valence electrons. The highest BCUT2D eigenvalue weighted by molar-refractivity contribution is 5.80. The first-order valence-corrected chi connectivity index (χ1v) is 8.79. The number of rotatable bonds is 4. The second kappa shape index (κ2) is 7.80. The first-order valence-electron chi connectivity index (χ1n) is 8.79. The predicted octanol–water partition coefficient (Wildman–Crippen LogP) is 2.83. The number of halogens is 3. The lowest BCUT2D eigenvalue weighted by atomic mass is 9.72. The Hall–Kier alpha value is -2.22. The Balaban J connectivity index is 1.78. The lowest BCUT2D eigenvalue weighted by Gasteiger charge is -2.39. The number of hydroxylamine groups is 1. The van der Waals surface area contributed by atoms with Crippen LogP contribution in [0.2, 0.25) is 0 Å². The SMILES string of the molecule is O=C([NH2+][O-])C1(c2ccc(C(F)(F)F)cc2)CCN(Cc2ccccc2)CC1. The van der Waals surface area contributed by atoms with Crippen molar-refractivity contribution in [2.24, 2.45) is 0 Å². The van der Waals surface area contributed by atoms with E-state index in [0.29, 0.717) is 37.0 Å². The summed E-state index contributed by atoms with van der Waals surface area (Å²) in [6, 6.07) is 14.5. The van der Waals surface area contributed by atoms with Gasteiger partial charge >= 0.3 is 12.1 Å². The Kier molecular flexibility index (Phi) is 5.64. The van der Waals surface area contributed by atoms with Gasteiger partial charge in [-0.25, -0.2) is 4.79 Å². The quantitative estimate of drug-likeness (QED) is 0.833. The van der Waals surface area contributed by atoms with Crippen LogP contribution in [0.5, 0.6) is 0 Å².